The Morgan fingerprint density at radius 2 is 1.90 bits per heavy atom. The number of nitrogens with zero attached hydrogens (tertiary/aromatic N) is 3. The zero-order chi connectivity index (χ0) is 14.9. The minimum atomic E-state index is 0.230. The molecule has 0 saturated heterocycles. The van der Waals surface area contributed by atoms with Gasteiger partial charge < -0.3 is 9.88 Å². The van der Waals surface area contributed by atoms with Crippen LogP contribution >= 0.6 is 11.3 Å². The number of imidazole rings is 1. The summed E-state index contributed by atoms with van der Waals surface area (Å²) in [7, 11) is 0. The maximum atomic E-state index is 4.60. The highest BCUT2D eigenvalue weighted by Gasteiger charge is 2.16. The van der Waals surface area contributed by atoms with Crippen LogP contribution in [0.4, 0.5) is 5.95 Å². The summed E-state index contributed by atoms with van der Waals surface area (Å²) >= 11 is 1.76. The quantitative estimate of drug-likeness (QED) is 0.902. The molecule has 0 fully saturated rings. The molecule has 2 heterocycles. The Kier molecular flexibility index (Phi) is 4.48. The van der Waals surface area contributed by atoms with Crippen molar-refractivity contribution in [3.63, 3.8) is 0 Å². The van der Waals surface area contributed by atoms with Crippen molar-refractivity contribution >= 4 is 17.3 Å². The van der Waals surface area contributed by atoms with Gasteiger partial charge >= 0.3 is 0 Å². The summed E-state index contributed by atoms with van der Waals surface area (Å²) in [6.45, 7) is 13.8. The van der Waals surface area contributed by atoms with Crippen LogP contribution in [-0.2, 0) is 6.54 Å². The van der Waals surface area contributed by atoms with Gasteiger partial charge in [0.25, 0.3) is 0 Å². The van der Waals surface area contributed by atoms with Crippen LogP contribution in [0.5, 0.6) is 0 Å². The van der Waals surface area contributed by atoms with E-state index in [0.29, 0.717) is 5.92 Å². The monoisotopic (exact) mass is 292 g/mol. The predicted octanol–water partition coefficient (Wildman–Crippen LogP) is 4.09. The standard InChI is InChI=1S/C15H24N4S/c1-9(2)7-19-8-10(3)16-15(19)18-12(5)14-11(4)17-13(6)20-14/h8-9,12H,7H2,1-6H3,(H,16,18). The van der Waals surface area contributed by atoms with Gasteiger partial charge in [-0.2, -0.15) is 0 Å². The Bertz CT molecular complexity index is 583. The average molecular weight is 292 g/mol. The number of hydrogen-bond donors (Lipinski definition) is 1. The van der Waals surface area contributed by atoms with Crippen molar-refractivity contribution in [3.8, 4) is 0 Å². The first kappa shape index (κ1) is 15.0. The van der Waals surface area contributed by atoms with Crippen molar-refractivity contribution in [2.45, 2.75) is 54.1 Å². The van der Waals surface area contributed by atoms with E-state index < -0.39 is 0 Å². The lowest BCUT2D eigenvalue weighted by molar-refractivity contribution is 0.524. The van der Waals surface area contributed by atoms with Crippen LogP contribution < -0.4 is 5.32 Å². The predicted molar refractivity (Wildman–Crippen MR) is 85.4 cm³/mol. The molecule has 2 rings (SSSR count). The molecule has 4 nitrogen and oxygen atoms in total. The summed E-state index contributed by atoms with van der Waals surface area (Å²) in [6, 6.07) is 0.230. The maximum absolute atomic E-state index is 4.60. The lowest BCUT2D eigenvalue weighted by Crippen LogP contribution is -2.13. The van der Waals surface area contributed by atoms with E-state index in [-0.39, 0.29) is 6.04 Å². The third-order valence-corrected chi connectivity index (χ3v) is 4.39. The lowest BCUT2D eigenvalue weighted by atomic mass is 10.2. The number of anilines is 1. The van der Waals surface area contributed by atoms with E-state index in [4.69, 9.17) is 0 Å². The lowest BCUT2D eigenvalue weighted by Gasteiger charge is -2.16. The Morgan fingerprint density at radius 1 is 1.20 bits per heavy atom. The molecule has 2 aromatic rings. The number of hydrogen-bond acceptors (Lipinski definition) is 4. The fourth-order valence-electron chi connectivity index (χ4n) is 2.40. The van der Waals surface area contributed by atoms with Gasteiger partial charge in [0, 0.05) is 17.6 Å². The van der Waals surface area contributed by atoms with Gasteiger partial charge in [0.2, 0.25) is 5.95 Å². The molecule has 110 valence electrons. The van der Waals surface area contributed by atoms with E-state index in [1.807, 2.05) is 6.92 Å². The molecule has 2 aromatic heterocycles. The first-order valence-corrected chi connectivity index (χ1v) is 7.92. The summed E-state index contributed by atoms with van der Waals surface area (Å²) in [5.74, 6) is 1.56. The minimum absolute atomic E-state index is 0.230. The van der Waals surface area contributed by atoms with Crippen molar-refractivity contribution in [2.75, 3.05) is 5.32 Å². The van der Waals surface area contributed by atoms with Gasteiger partial charge in [0.05, 0.1) is 22.4 Å². The van der Waals surface area contributed by atoms with E-state index in [1.165, 1.54) is 4.88 Å². The molecule has 20 heavy (non-hydrogen) atoms. The molecule has 5 heteroatoms. The molecular formula is C15H24N4S. The summed E-state index contributed by atoms with van der Waals surface area (Å²) in [6.07, 6.45) is 2.11. The van der Waals surface area contributed by atoms with E-state index >= 15 is 0 Å². The summed E-state index contributed by atoms with van der Waals surface area (Å²) in [4.78, 5) is 10.4. The zero-order valence-corrected chi connectivity index (χ0v) is 14.0. The Labute approximate surface area is 125 Å². The van der Waals surface area contributed by atoms with Crippen LogP contribution in [0.1, 0.15) is 48.1 Å². The Morgan fingerprint density at radius 3 is 2.45 bits per heavy atom. The fourth-order valence-corrected chi connectivity index (χ4v) is 3.33. The van der Waals surface area contributed by atoms with Crippen LogP contribution in [0.25, 0.3) is 0 Å². The van der Waals surface area contributed by atoms with Crippen molar-refractivity contribution in [1.82, 2.24) is 14.5 Å². The van der Waals surface area contributed by atoms with Crippen LogP contribution in [0.15, 0.2) is 6.20 Å². The Hall–Kier alpha value is -1.36. The van der Waals surface area contributed by atoms with Crippen molar-refractivity contribution in [1.29, 1.82) is 0 Å². The second-order valence-electron chi connectivity index (χ2n) is 5.80. The Balaban J connectivity index is 2.19. The summed E-state index contributed by atoms with van der Waals surface area (Å²) in [5.41, 5.74) is 2.17. The second kappa shape index (κ2) is 5.95. The van der Waals surface area contributed by atoms with Gasteiger partial charge in [-0.3, -0.25) is 0 Å². The average Bonchev–Trinajstić information content (AvgIpc) is 2.81. The molecule has 0 aliphatic heterocycles. The highest BCUT2D eigenvalue weighted by atomic mass is 32.1. The normalized spacial score (nSPS) is 12.9. The minimum Gasteiger partial charge on any atom is -0.348 e. The molecule has 1 unspecified atom stereocenters. The van der Waals surface area contributed by atoms with Crippen molar-refractivity contribution in [3.05, 3.63) is 27.5 Å². The topological polar surface area (TPSA) is 42.7 Å². The van der Waals surface area contributed by atoms with Crippen LogP contribution in [0, 0.1) is 26.7 Å². The molecule has 0 aromatic carbocycles. The van der Waals surface area contributed by atoms with Gasteiger partial charge in [-0.1, -0.05) is 13.8 Å². The van der Waals surface area contributed by atoms with E-state index in [2.05, 4.69) is 60.7 Å². The van der Waals surface area contributed by atoms with E-state index in [0.717, 1.165) is 28.9 Å². The van der Waals surface area contributed by atoms with Crippen molar-refractivity contribution < 1.29 is 0 Å². The van der Waals surface area contributed by atoms with Gasteiger partial charge in [0.15, 0.2) is 0 Å². The van der Waals surface area contributed by atoms with Crippen LogP contribution in [-0.4, -0.2) is 14.5 Å². The largest absolute Gasteiger partial charge is 0.348 e. The summed E-state index contributed by atoms with van der Waals surface area (Å²) < 4.78 is 2.21. The highest BCUT2D eigenvalue weighted by Crippen LogP contribution is 2.27. The molecule has 0 aliphatic carbocycles. The molecule has 0 aliphatic rings. The number of aryl methyl sites for hydroxylation is 3. The molecule has 1 N–H and O–H groups in total. The smallest absolute Gasteiger partial charge is 0.203 e. The number of thiazole rings is 1. The van der Waals surface area contributed by atoms with E-state index in [1.54, 1.807) is 11.3 Å². The molecule has 0 saturated carbocycles. The highest BCUT2D eigenvalue weighted by molar-refractivity contribution is 7.11. The van der Waals surface area contributed by atoms with Gasteiger partial charge in [-0.15, -0.1) is 11.3 Å². The van der Waals surface area contributed by atoms with E-state index in [9.17, 15) is 0 Å². The number of rotatable bonds is 5. The number of aromatic nitrogens is 3. The number of nitrogens with one attached hydrogen (secondary N) is 1. The second-order valence-corrected chi connectivity index (χ2v) is 7.04. The third kappa shape index (κ3) is 3.39. The first-order valence-electron chi connectivity index (χ1n) is 7.11. The van der Waals surface area contributed by atoms with Crippen LogP contribution in [0.2, 0.25) is 0 Å². The molecular weight excluding hydrogens is 268 g/mol. The van der Waals surface area contributed by atoms with Gasteiger partial charge in [-0.05, 0) is 33.6 Å². The summed E-state index contributed by atoms with van der Waals surface area (Å²) in [5, 5.41) is 4.65. The maximum Gasteiger partial charge on any atom is 0.203 e. The van der Waals surface area contributed by atoms with Crippen LogP contribution in [0.3, 0.4) is 0 Å². The SMILES string of the molecule is Cc1cn(CC(C)C)c(NC(C)c2sc(C)nc2C)n1. The molecule has 0 spiro atoms. The zero-order valence-electron chi connectivity index (χ0n) is 13.2. The van der Waals surface area contributed by atoms with Gasteiger partial charge in [-0.25, -0.2) is 9.97 Å². The fraction of sp³-hybridized carbons (Fsp3) is 0.600. The van der Waals surface area contributed by atoms with Crippen molar-refractivity contribution in [2.24, 2.45) is 5.92 Å². The molecule has 0 amide bonds. The molecule has 0 bridgehead atoms. The van der Waals surface area contributed by atoms with Gasteiger partial charge in [0.1, 0.15) is 0 Å². The third-order valence-electron chi connectivity index (χ3n) is 3.14. The molecule has 0 radical (unpaired) electrons. The first-order chi connectivity index (χ1) is 9.36. The molecule has 1 atom stereocenters.